The van der Waals surface area contributed by atoms with E-state index in [1.54, 1.807) is 13.0 Å². The monoisotopic (exact) mass is 318 g/mol. The Labute approximate surface area is 126 Å². The van der Waals surface area contributed by atoms with Crippen LogP contribution in [0.4, 0.5) is 5.69 Å². The number of hydrogen-bond acceptors (Lipinski definition) is 3. The Balaban J connectivity index is 2.70. The van der Waals surface area contributed by atoms with Gasteiger partial charge in [-0.25, -0.2) is 13.1 Å². The van der Waals surface area contributed by atoms with Crippen molar-refractivity contribution in [3.05, 3.63) is 22.7 Å². The summed E-state index contributed by atoms with van der Waals surface area (Å²) in [5.74, 6) is 0.640. The summed E-state index contributed by atoms with van der Waals surface area (Å²) in [4.78, 5) is 0.159. The van der Waals surface area contributed by atoms with E-state index in [4.69, 9.17) is 17.3 Å². The lowest BCUT2D eigenvalue weighted by Gasteiger charge is -2.12. The fourth-order valence-electron chi connectivity index (χ4n) is 1.92. The third-order valence-electron chi connectivity index (χ3n) is 3.15. The van der Waals surface area contributed by atoms with Gasteiger partial charge in [0.2, 0.25) is 10.0 Å². The van der Waals surface area contributed by atoms with E-state index >= 15 is 0 Å². The van der Waals surface area contributed by atoms with Crippen LogP contribution in [0, 0.1) is 12.8 Å². The molecule has 0 fully saturated rings. The molecule has 0 unspecified atom stereocenters. The van der Waals surface area contributed by atoms with Gasteiger partial charge in [-0.3, -0.25) is 0 Å². The molecule has 3 N–H and O–H groups in total. The fourth-order valence-corrected chi connectivity index (χ4v) is 3.58. The van der Waals surface area contributed by atoms with Crippen molar-refractivity contribution in [3.63, 3.8) is 0 Å². The first-order valence-corrected chi connectivity index (χ1v) is 8.65. The minimum atomic E-state index is -3.55. The number of rotatable bonds is 7. The molecule has 1 aromatic carbocycles. The van der Waals surface area contributed by atoms with Crippen LogP contribution in [0.15, 0.2) is 17.0 Å². The molecule has 0 aromatic heterocycles. The molecule has 0 saturated carbocycles. The van der Waals surface area contributed by atoms with E-state index in [9.17, 15) is 8.42 Å². The molecule has 0 heterocycles. The Morgan fingerprint density at radius 3 is 2.55 bits per heavy atom. The number of nitrogens with one attached hydrogen (secondary N) is 1. The van der Waals surface area contributed by atoms with Crippen LogP contribution in [-0.4, -0.2) is 15.0 Å². The summed E-state index contributed by atoms with van der Waals surface area (Å²) >= 11 is 5.87. The number of nitrogen functional groups attached to an aromatic ring is 1. The van der Waals surface area contributed by atoms with Crippen molar-refractivity contribution in [2.75, 3.05) is 12.3 Å². The second-order valence-corrected chi connectivity index (χ2v) is 7.58. The van der Waals surface area contributed by atoms with Gasteiger partial charge in [-0.1, -0.05) is 38.3 Å². The maximum Gasteiger partial charge on any atom is 0.240 e. The molecule has 0 radical (unpaired) electrons. The van der Waals surface area contributed by atoms with Crippen LogP contribution < -0.4 is 10.5 Å². The van der Waals surface area contributed by atoms with Gasteiger partial charge in [0.15, 0.2) is 0 Å². The lowest BCUT2D eigenvalue weighted by atomic mass is 10.1. The maximum atomic E-state index is 12.2. The van der Waals surface area contributed by atoms with Crippen molar-refractivity contribution in [2.45, 2.75) is 44.9 Å². The molecule has 0 bridgehead atoms. The van der Waals surface area contributed by atoms with E-state index in [1.165, 1.54) is 6.07 Å². The number of halogens is 1. The number of hydrogen-bond donors (Lipinski definition) is 2. The third kappa shape index (κ3) is 4.96. The first-order valence-electron chi connectivity index (χ1n) is 6.79. The molecule has 4 nitrogen and oxygen atoms in total. The molecule has 20 heavy (non-hydrogen) atoms. The van der Waals surface area contributed by atoms with Gasteiger partial charge in [-0.05, 0) is 37.0 Å². The van der Waals surface area contributed by atoms with Crippen molar-refractivity contribution >= 4 is 27.3 Å². The van der Waals surface area contributed by atoms with Gasteiger partial charge >= 0.3 is 0 Å². The Hall–Kier alpha value is -0.780. The molecule has 1 aromatic rings. The summed E-state index contributed by atoms with van der Waals surface area (Å²) in [6, 6.07) is 2.99. The van der Waals surface area contributed by atoms with Gasteiger partial charge in [-0.2, -0.15) is 0 Å². The van der Waals surface area contributed by atoms with E-state index < -0.39 is 10.0 Å². The molecule has 1 rings (SSSR count). The molecule has 0 spiro atoms. The minimum absolute atomic E-state index is 0.159. The van der Waals surface area contributed by atoms with Crippen LogP contribution in [-0.2, 0) is 10.0 Å². The van der Waals surface area contributed by atoms with Crippen LogP contribution in [0.1, 0.15) is 38.7 Å². The first-order chi connectivity index (χ1) is 9.24. The van der Waals surface area contributed by atoms with Crippen molar-refractivity contribution in [1.29, 1.82) is 0 Å². The summed E-state index contributed by atoms with van der Waals surface area (Å²) < 4.78 is 27.1. The maximum absolute atomic E-state index is 12.2. The summed E-state index contributed by atoms with van der Waals surface area (Å²) in [6.45, 7) is 6.42. The Morgan fingerprint density at radius 2 is 1.95 bits per heavy atom. The van der Waals surface area contributed by atoms with Gasteiger partial charge in [-0.15, -0.1) is 0 Å². The van der Waals surface area contributed by atoms with Crippen molar-refractivity contribution in [3.8, 4) is 0 Å². The smallest absolute Gasteiger partial charge is 0.240 e. The zero-order chi connectivity index (χ0) is 15.3. The highest BCUT2D eigenvalue weighted by Crippen LogP contribution is 2.25. The van der Waals surface area contributed by atoms with Gasteiger partial charge in [0, 0.05) is 17.3 Å². The molecule has 0 aliphatic rings. The molecule has 6 heteroatoms. The summed E-state index contributed by atoms with van der Waals surface area (Å²) in [7, 11) is -3.55. The average Bonchev–Trinajstić information content (AvgIpc) is 2.32. The van der Waals surface area contributed by atoms with E-state index in [0.29, 0.717) is 28.7 Å². The molecule has 0 aliphatic heterocycles. The standard InChI is InChI=1S/C14H23ClN2O2S/c1-10(2)6-4-5-7-17-20(18,19)14-9-12(15)8-13(16)11(14)3/h8-10,17H,4-7,16H2,1-3H3. The number of unbranched alkanes of at least 4 members (excludes halogenated alkanes) is 1. The number of nitrogens with two attached hydrogens (primary N) is 1. The van der Waals surface area contributed by atoms with Gasteiger partial charge in [0.25, 0.3) is 0 Å². The SMILES string of the molecule is Cc1c(N)cc(Cl)cc1S(=O)(=O)NCCCCC(C)C. The lowest BCUT2D eigenvalue weighted by Crippen LogP contribution is -2.25. The Morgan fingerprint density at radius 1 is 1.30 bits per heavy atom. The molecule has 0 amide bonds. The van der Waals surface area contributed by atoms with Crippen LogP contribution in [0.2, 0.25) is 5.02 Å². The van der Waals surface area contributed by atoms with E-state index in [1.807, 2.05) is 0 Å². The van der Waals surface area contributed by atoms with Crippen molar-refractivity contribution in [2.24, 2.45) is 5.92 Å². The van der Waals surface area contributed by atoms with Crippen LogP contribution >= 0.6 is 11.6 Å². The average molecular weight is 319 g/mol. The zero-order valence-electron chi connectivity index (χ0n) is 12.2. The normalized spacial score (nSPS) is 12.1. The second-order valence-electron chi connectivity index (χ2n) is 5.41. The molecule has 0 aliphatic carbocycles. The van der Waals surface area contributed by atoms with Crippen LogP contribution in [0.25, 0.3) is 0 Å². The molecular weight excluding hydrogens is 296 g/mol. The lowest BCUT2D eigenvalue weighted by molar-refractivity contribution is 0.530. The number of anilines is 1. The second kappa shape index (κ2) is 7.29. The molecule has 0 atom stereocenters. The van der Waals surface area contributed by atoms with Crippen LogP contribution in [0.3, 0.4) is 0 Å². The predicted octanol–water partition coefficient (Wildman–Crippen LogP) is 3.34. The zero-order valence-corrected chi connectivity index (χ0v) is 13.8. The summed E-state index contributed by atoms with van der Waals surface area (Å²) in [5.41, 5.74) is 6.67. The molecule has 0 saturated heterocycles. The molecular formula is C14H23ClN2O2S. The highest BCUT2D eigenvalue weighted by atomic mass is 35.5. The number of benzene rings is 1. The van der Waals surface area contributed by atoms with Crippen molar-refractivity contribution < 1.29 is 8.42 Å². The number of sulfonamides is 1. The highest BCUT2D eigenvalue weighted by molar-refractivity contribution is 7.89. The summed E-state index contributed by atoms with van der Waals surface area (Å²) in [5, 5.41) is 0.327. The quantitative estimate of drug-likeness (QED) is 0.598. The largest absolute Gasteiger partial charge is 0.398 e. The van der Waals surface area contributed by atoms with E-state index in [-0.39, 0.29) is 4.90 Å². The summed E-state index contributed by atoms with van der Waals surface area (Å²) in [6.07, 6.45) is 2.94. The van der Waals surface area contributed by atoms with Crippen LogP contribution in [0.5, 0.6) is 0 Å². The molecule has 114 valence electrons. The fraction of sp³-hybridized carbons (Fsp3) is 0.571. The Bertz CT molecular complexity index is 557. The first kappa shape index (κ1) is 17.3. The van der Waals surface area contributed by atoms with Crippen molar-refractivity contribution in [1.82, 2.24) is 4.72 Å². The third-order valence-corrected chi connectivity index (χ3v) is 4.96. The predicted molar refractivity (Wildman–Crippen MR) is 84.5 cm³/mol. The van der Waals surface area contributed by atoms with E-state index in [2.05, 4.69) is 18.6 Å². The topological polar surface area (TPSA) is 72.2 Å². The highest BCUT2D eigenvalue weighted by Gasteiger charge is 2.18. The van der Waals surface area contributed by atoms with Gasteiger partial charge in [0.05, 0.1) is 4.90 Å². The van der Waals surface area contributed by atoms with E-state index in [0.717, 1.165) is 19.3 Å². The Kier molecular flexibility index (Phi) is 6.30. The van der Waals surface area contributed by atoms with Gasteiger partial charge < -0.3 is 5.73 Å². The van der Waals surface area contributed by atoms with Gasteiger partial charge in [0.1, 0.15) is 0 Å². The minimum Gasteiger partial charge on any atom is -0.398 e.